The molecule has 78 valence electrons. The zero-order valence-corrected chi connectivity index (χ0v) is 9.49. The lowest BCUT2D eigenvalue weighted by Gasteiger charge is -1.86. The van der Waals surface area contributed by atoms with Crippen molar-refractivity contribution in [3.8, 4) is 0 Å². The Morgan fingerprint density at radius 1 is 1.71 bits per heavy atom. The Morgan fingerprint density at radius 2 is 2.29 bits per heavy atom. The highest BCUT2D eigenvalue weighted by Crippen LogP contribution is 2.03. The fourth-order valence-corrected chi connectivity index (χ4v) is 2.34. The molecule has 10 heteroatoms. The van der Waals surface area contributed by atoms with Crippen LogP contribution in [0, 0.1) is 0 Å². The Morgan fingerprint density at radius 3 is 2.64 bits per heavy atom. The molecule has 0 bridgehead atoms. The van der Waals surface area contributed by atoms with Crippen molar-refractivity contribution in [2.75, 3.05) is 0 Å². The molecule has 1 aromatic heterocycles. The van der Waals surface area contributed by atoms with Crippen LogP contribution >= 0.6 is 23.6 Å². The van der Waals surface area contributed by atoms with Crippen LogP contribution in [-0.2, 0) is 17.1 Å². The molecule has 0 fully saturated rings. The van der Waals surface area contributed by atoms with E-state index in [0.717, 1.165) is 11.3 Å². The molecule has 1 aromatic rings. The minimum Gasteiger partial charge on any atom is -0.374 e. The molecule has 0 radical (unpaired) electrons. The maximum absolute atomic E-state index is 10.9. The van der Waals surface area contributed by atoms with Crippen molar-refractivity contribution in [2.24, 2.45) is 22.9 Å². The van der Waals surface area contributed by atoms with Gasteiger partial charge >= 0.3 is 0 Å². The number of aryl methyl sites for hydroxylation is 1. The zero-order valence-electron chi connectivity index (χ0n) is 7.04. The van der Waals surface area contributed by atoms with Crippen molar-refractivity contribution in [2.45, 2.75) is 4.34 Å². The number of nitrogens with two attached hydrogens (primary N) is 2. The molecule has 7 nitrogen and oxygen atoms in total. The molecular weight excluding hydrogens is 246 g/mol. The van der Waals surface area contributed by atoms with Crippen LogP contribution < -0.4 is 15.7 Å². The summed E-state index contributed by atoms with van der Waals surface area (Å²) < 4.78 is 22.8. The predicted molar refractivity (Wildman–Crippen MR) is 54.8 cm³/mol. The van der Waals surface area contributed by atoms with E-state index in [1.165, 1.54) is 11.7 Å². The van der Waals surface area contributed by atoms with Crippen LogP contribution in [0.4, 0.5) is 0 Å². The van der Waals surface area contributed by atoms with E-state index in [9.17, 15) is 8.42 Å². The van der Waals surface area contributed by atoms with Gasteiger partial charge in [0.05, 0.1) is 0 Å². The molecule has 0 unspecified atom stereocenters. The number of aromatic nitrogens is 2. The molecule has 0 amide bonds. The molecule has 0 aliphatic heterocycles. The average Bonchev–Trinajstić information content (AvgIpc) is 2.30. The van der Waals surface area contributed by atoms with Gasteiger partial charge in [0.2, 0.25) is 9.14 Å². The summed E-state index contributed by atoms with van der Waals surface area (Å²) in [4.78, 5) is 3.98. The van der Waals surface area contributed by atoms with E-state index in [0.29, 0.717) is 0 Å². The molecule has 4 N–H and O–H groups in total. The van der Waals surface area contributed by atoms with Crippen molar-refractivity contribution in [3.63, 3.8) is 0 Å². The first-order valence-electron chi connectivity index (χ1n) is 3.22. The van der Waals surface area contributed by atoms with E-state index < -0.39 is 10.0 Å². The maximum atomic E-state index is 10.9. The standard InChI is InChI=1S/C4H7N5O2S3/c1-9-3(7-2(5)12)13-4(8-9)14(6,10)11/h1H3,(H2,5,12)(H2,6,10,11)/b7-3-. The molecule has 1 rings (SSSR count). The van der Waals surface area contributed by atoms with Crippen LogP contribution in [0.2, 0.25) is 0 Å². The summed E-state index contributed by atoms with van der Waals surface area (Å²) in [6, 6.07) is 0. The molecular formula is C4H7N5O2S3. The third-order valence-corrected chi connectivity index (χ3v) is 3.54. The number of hydrogen-bond acceptors (Lipinski definition) is 5. The Bertz CT molecular complexity index is 523. The molecule has 0 spiro atoms. The van der Waals surface area contributed by atoms with E-state index in [2.05, 4.69) is 22.3 Å². The minimum absolute atomic E-state index is 0.0924. The van der Waals surface area contributed by atoms with E-state index in [-0.39, 0.29) is 14.3 Å². The molecule has 0 aromatic carbocycles. The summed E-state index contributed by atoms with van der Waals surface area (Å²) in [5.74, 6) is 0. The zero-order chi connectivity index (χ0) is 10.9. The molecule has 0 aliphatic carbocycles. The Balaban J connectivity index is 3.40. The topological polar surface area (TPSA) is 116 Å². The number of thiocarbonyl (C=S) groups is 1. The number of primary sulfonamides is 1. The second-order valence-corrected chi connectivity index (χ2v) is 5.38. The SMILES string of the molecule is Cn1nc(S(N)(=O)=O)s/c1=N\C(N)=S. The normalized spacial score (nSPS) is 13.1. The van der Waals surface area contributed by atoms with Crippen LogP contribution in [0.5, 0.6) is 0 Å². The highest BCUT2D eigenvalue weighted by Gasteiger charge is 2.13. The van der Waals surface area contributed by atoms with Gasteiger partial charge in [-0.05, 0) is 12.2 Å². The van der Waals surface area contributed by atoms with Crippen LogP contribution in [0.25, 0.3) is 0 Å². The van der Waals surface area contributed by atoms with Crippen LogP contribution in [0.3, 0.4) is 0 Å². The number of rotatable bonds is 1. The number of sulfonamides is 1. The highest BCUT2D eigenvalue weighted by molar-refractivity contribution is 7.91. The van der Waals surface area contributed by atoms with Gasteiger partial charge in [0.15, 0.2) is 5.11 Å². The number of hydrogen-bond donors (Lipinski definition) is 2. The molecule has 0 saturated carbocycles. The third kappa shape index (κ3) is 2.57. The summed E-state index contributed by atoms with van der Waals surface area (Å²) in [7, 11) is -2.28. The van der Waals surface area contributed by atoms with E-state index in [1.807, 2.05) is 0 Å². The highest BCUT2D eigenvalue weighted by atomic mass is 32.2. The van der Waals surface area contributed by atoms with Gasteiger partial charge in [-0.25, -0.2) is 18.2 Å². The summed E-state index contributed by atoms with van der Waals surface area (Å²) in [6.45, 7) is 0. The van der Waals surface area contributed by atoms with Crippen LogP contribution in [0.1, 0.15) is 0 Å². The van der Waals surface area contributed by atoms with Crippen LogP contribution in [-0.4, -0.2) is 23.3 Å². The van der Waals surface area contributed by atoms with Gasteiger partial charge in [0.1, 0.15) is 0 Å². The molecule has 0 aliphatic rings. The Labute approximate surface area is 89.1 Å². The van der Waals surface area contributed by atoms with Crippen molar-refractivity contribution in [1.82, 2.24) is 9.78 Å². The summed E-state index contributed by atoms with van der Waals surface area (Å²) in [5.41, 5.74) is 5.16. The minimum atomic E-state index is -3.80. The van der Waals surface area contributed by atoms with Crippen LogP contribution in [0.15, 0.2) is 9.33 Å². The van der Waals surface area contributed by atoms with Crippen molar-refractivity contribution < 1.29 is 8.42 Å². The van der Waals surface area contributed by atoms with Crippen molar-refractivity contribution in [1.29, 1.82) is 0 Å². The van der Waals surface area contributed by atoms with Gasteiger partial charge in [-0.15, -0.1) is 5.10 Å². The van der Waals surface area contributed by atoms with E-state index in [1.54, 1.807) is 0 Å². The second-order valence-electron chi connectivity index (χ2n) is 2.27. The quantitative estimate of drug-likeness (QED) is 0.577. The fourth-order valence-electron chi connectivity index (χ4n) is 0.634. The fraction of sp³-hybridized carbons (Fsp3) is 0.250. The second kappa shape index (κ2) is 3.73. The monoisotopic (exact) mass is 253 g/mol. The van der Waals surface area contributed by atoms with Gasteiger partial charge in [-0.3, -0.25) is 0 Å². The molecule has 1 heterocycles. The average molecular weight is 253 g/mol. The summed E-state index contributed by atoms with van der Waals surface area (Å²) in [5, 5.41) is 8.43. The van der Waals surface area contributed by atoms with Gasteiger partial charge < -0.3 is 5.73 Å². The number of nitrogens with zero attached hydrogens (tertiary/aromatic N) is 3. The Hall–Kier alpha value is -0.840. The largest absolute Gasteiger partial charge is 0.374 e. The molecule has 0 saturated heterocycles. The lowest BCUT2D eigenvalue weighted by Crippen LogP contribution is -2.17. The maximum Gasteiger partial charge on any atom is 0.267 e. The van der Waals surface area contributed by atoms with Crippen molar-refractivity contribution in [3.05, 3.63) is 4.80 Å². The van der Waals surface area contributed by atoms with E-state index >= 15 is 0 Å². The molecule has 14 heavy (non-hydrogen) atoms. The third-order valence-electron chi connectivity index (χ3n) is 1.14. The van der Waals surface area contributed by atoms with Gasteiger partial charge in [-0.1, -0.05) is 11.3 Å². The summed E-state index contributed by atoms with van der Waals surface area (Å²) in [6.07, 6.45) is 0. The Kier molecular flexibility index (Phi) is 2.99. The van der Waals surface area contributed by atoms with Gasteiger partial charge in [0.25, 0.3) is 10.0 Å². The first-order chi connectivity index (χ1) is 6.30. The lowest BCUT2D eigenvalue weighted by atomic mass is 11.1. The predicted octanol–water partition coefficient (Wildman–Crippen LogP) is -1.73. The van der Waals surface area contributed by atoms with Gasteiger partial charge in [-0.2, -0.15) is 4.99 Å². The summed E-state index contributed by atoms with van der Waals surface area (Å²) >= 11 is 5.34. The molecule has 0 atom stereocenters. The smallest absolute Gasteiger partial charge is 0.267 e. The first kappa shape index (κ1) is 11.2. The van der Waals surface area contributed by atoms with Crippen molar-refractivity contribution >= 4 is 38.7 Å². The van der Waals surface area contributed by atoms with Gasteiger partial charge in [0, 0.05) is 7.05 Å². The first-order valence-corrected chi connectivity index (χ1v) is 5.99. The van der Waals surface area contributed by atoms with E-state index in [4.69, 9.17) is 10.9 Å². The lowest BCUT2D eigenvalue weighted by molar-refractivity contribution is 0.590.